The summed E-state index contributed by atoms with van der Waals surface area (Å²) in [6.45, 7) is 7.39. The first kappa shape index (κ1) is 23.6. The van der Waals surface area contributed by atoms with Crippen LogP contribution in [-0.2, 0) is 4.79 Å². The van der Waals surface area contributed by atoms with Gasteiger partial charge in [0, 0.05) is 61.8 Å². The number of benzene rings is 1. The molecule has 1 aromatic carbocycles. The average Bonchev–Trinajstić information content (AvgIpc) is 3.32. The number of H-pyrrole nitrogens is 1. The number of piperazine rings is 1. The number of fused-ring (bicyclic) bond motifs is 1. The Labute approximate surface area is 209 Å². The first-order chi connectivity index (χ1) is 17.4. The number of pyridine rings is 1. The minimum Gasteiger partial charge on any atom is -0.354 e. The summed E-state index contributed by atoms with van der Waals surface area (Å²) < 4.78 is 0. The normalized spacial score (nSPS) is 19.9. The Kier molecular flexibility index (Phi) is 6.20. The van der Waals surface area contributed by atoms with Crippen molar-refractivity contribution < 1.29 is 4.79 Å². The van der Waals surface area contributed by atoms with Gasteiger partial charge in [-0.1, -0.05) is 0 Å². The van der Waals surface area contributed by atoms with Crippen LogP contribution in [0.4, 0.5) is 11.5 Å². The molecule has 0 spiro atoms. The molecular formula is C24H31N11O. The second-order valence-electron chi connectivity index (χ2n) is 9.00. The van der Waals surface area contributed by atoms with Gasteiger partial charge in [0.15, 0.2) is 0 Å². The van der Waals surface area contributed by atoms with E-state index in [0.717, 1.165) is 59.9 Å². The molecule has 7 N–H and O–H groups in total. The topological polar surface area (TPSA) is 157 Å². The van der Waals surface area contributed by atoms with Gasteiger partial charge in [0.1, 0.15) is 11.5 Å². The lowest BCUT2D eigenvalue weighted by molar-refractivity contribution is -0.113. The SMILES string of the molecule is CC1=C(C(=O)Nc2ccc3[nH]nc(-c4ccnc(N5CCNCC5)c4)c3c2)[C@@H](C)N(N)/C(=N\N)N1C. The highest BCUT2D eigenvalue weighted by Crippen LogP contribution is 2.31. The van der Waals surface area contributed by atoms with E-state index in [1.54, 1.807) is 11.9 Å². The fourth-order valence-corrected chi connectivity index (χ4v) is 4.77. The van der Waals surface area contributed by atoms with Crippen LogP contribution in [0.3, 0.4) is 0 Å². The molecule has 0 bridgehead atoms. The Hall–Kier alpha value is -4.16. The van der Waals surface area contributed by atoms with E-state index in [1.807, 2.05) is 44.3 Å². The van der Waals surface area contributed by atoms with Gasteiger partial charge < -0.3 is 26.3 Å². The van der Waals surface area contributed by atoms with Gasteiger partial charge in [-0.2, -0.15) is 5.10 Å². The summed E-state index contributed by atoms with van der Waals surface area (Å²) >= 11 is 0. The number of hydrazine groups is 1. The molecule has 1 fully saturated rings. The number of aromatic nitrogens is 3. The molecule has 12 heteroatoms. The molecule has 1 saturated heterocycles. The number of guanidine groups is 1. The molecule has 4 heterocycles. The third-order valence-corrected chi connectivity index (χ3v) is 6.90. The largest absolute Gasteiger partial charge is 0.354 e. The Balaban J connectivity index is 1.44. The molecule has 2 aliphatic heterocycles. The van der Waals surface area contributed by atoms with E-state index in [2.05, 4.69) is 41.9 Å². The summed E-state index contributed by atoms with van der Waals surface area (Å²) in [4.78, 5) is 21.9. The van der Waals surface area contributed by atoms with Crippen LogP contribution in [-0.4, -0.2) is 76.2 Å². The molecule has 5 rings (SSSR count). The predicted molar refractivity (Wildman–Crippen MR) is 141 cm³/mol. The van der Waals surface area contributed by atoms with Crippen molar-refractivity contribution in [1.29, 1.82) is 0 Å². The van der Waals surface area contributed by atoms with E-state index in [9.17, 15) is 4.79 Å². The zero-order chi connectivity index (χ0) is 25.4. The highest BCUT2D eigenvalue weighted by molar-refractivity contribution is 6.08. The van der Waals surface area contributed by atoms with Crippen molar-refractivity contribution in [2.45, 2.75) is 19.9 Å². The number of anilines is 2. The number of aromatic amines is 1. The van der Waals surface area contributed by atoms with Gasteiger partial charge in [-0.05, 0) is 44.2 Å². The number of hydrogen-bond donors (Lipinski definition) is 5. The maximum absolute atomic E-state index is 13.3. The number of carbonyl (C=O) groups is 1. The van der Waals surface area contributed by atoms with Crippen LogP contribution in [0.15, 0.2) is 52.9 Å². The van der Waals surface area contributed by atoms with Crippen LogP contribution in [0.1, 0.15) is 13.8 Å². The van der Waals surface area contributed by atoms with Gasteiger partial charge in [-0.3, -0.25) is 14.9 Å². The van der Waals surface area contributed by atoms with Gasteiger partial charge >= 0.3 is 0 Å². The quantitative estimate of drug-likeness (QED) is 0.266. The monoisotopic (exact) mass is 489 g/mol. The van der Waals surface area contributed by atoms with Crippen LogP contribution in [0.5, 0.6) is 0 Å². The van der Waals surface area contributed by atoms with E-state index in [-0.39, 0.29) is 5.91 Å². The van der Waals surface area contributed by atoms with Gasteiger partial charge in [0.25, 0.3) is 5.91 Å². The third kappa shape index (κ3) is 4.10. The summed E-state index contributed by atoms with van der Waals surface area (Å²) in [6.07, 6.45) is 1.81. The van der Waals surface area contributed by atoms with Crippen molar-refractivity contribution in [3.8, 4) is 11.3 Å². The molecule has 12 nitrogen and oxygen atoms in total. The fourth-order valence-electron chi connectivity index (χ4n) is 4.77. The number of nitrogens with one attached hydrogen (secondary N) is 3. The molecule has 0 aliphatic carbocycles. The number of hydrazone groups is 1. The summed E-state index contributed by atoms with van der Waals surface area (Å²) in [5.41, 5.74) is 4.56. The Bertz CT molecular complexity index is 1360. The Morgan fingerprint density at radius 1 is 1.22 bits per heavy atom. The zero-order valence-corrected chi connectivity index (χ0v) is 20.6. The van der Waals surface area contributed by atoms with Gasteiger partial charge in [-0.25, -0.2) is 10.8 Å². The fraction of sp³-hybridized carbons (Fsp3) is 0.333. The van der Waals surface area contributed by atoms with Crippen molar-refractivity contribution >= 4 is 34.3 Å². The van der Waals surface area contributed by atoms with Crippen molar-refractivity contribution in [2.24, 2.45) is 16.8 Å². The van der Waals surface area contributed by atoms with Gasteiger partial charge in [-0.15, -0.1) is 5.10 Å². The van der Waals surface area contributed by atoms with Crippen LogP contribution < -0.4 is 27.2 Å². The van der Waals surface area contributed by atoms with Crippen LogP contribution in [0.25, 0.3) is 22.2 Å². The number of nitrogens with two attached hydrogens (primary N) is 2. The molecule has 2 aliphatic rings. The molecular weight excluding hydrogens is 458 g/mol. The van der Waals surface area contributed by atoms with Crippen LogP contribution >= 0.6 is 0 Å². The lowest BCUT2D eigenvalue weighted by Gasteiger charge is -2.39. The highest BCUT2D eigenvalue weighted by Gasteiger charge is 2.34. The third-order valence-electron chi connectivity index (χ3n) is 6.90. The molecule has 0 saturated carbocycles. The second-order valence-corrected chi connectivity index (χ2v) is 9.00. The van der Waals surface area contributed by atoms with Crippen molar-refractivity contribution in [2.75, 3.05) is 43.4 Å². The highest BCUT2D eigenvalue weighted by atomic mass is 16.1. The van der Waals surface area contributed by atoms with E-state index >= 15 is 0 Å². The molecule has 1 atom stereocenters. The summed E-state index contributed by atoms with van der Waals surface area (Å²) in [5.74, 6) is 12.7. The molecule has 36 heavy (non-hydrogen) atoms. The Morgan fingerprint density at radius 3 is 2.75 bits per heavy atom. The minimum absolute atomic E-state index is 0.243. The number of carbonyl (C=O) groups excluding carboxylic acids is 1. The standard InChI is InChI=1S/C24H31N11O/c1-14-21(15(2)35(26)24(30-25)33(14)3)23(36)29-17-4-5-19-18(13-17)22(32-31-19)16-6-7-28-20(12-16)34-10-8-27-9-11-34/h4-7,12-13,15,27H,8-11,25-26H2,1-3H3,(H,29,36)(H,31,32)/b30-24-/t15-/m1/s1. The predicted octanol–water partition coefficient (Wildman–Crippen LogP) is 0.986. The average molecular weight is 490 g/mol. The molecule has 2 aromatic heterocycles. The first-order valence-electron chi connectivity index (χ1n) is 11.9. The lowest BCUT2D eigenvalue weighted by Crippen LogP contribution is -2.57. The molecule has 0 unspecified atom stereocenters. The van der Waals surface area contributed by atoms with Crippen molar-refractivity contribution in [1.82, 2.24) is 30.4 Å². The minimum atomic E-state index is -0.406. The van der Waals surface area contributed by atoms with Crippen molar-refractivity contribution in [3.05, 3.63) is 47.8 Å². The summed E-state index contributed by atoms with van der Waals surface area (Å²) in [7, 11) is 1.77. The smallest absolute Gasteiger partial charge is 0.255 e. The molecule has 0 radical (unpaired) electrons. The maximum Gasteiger partial charge on any atom is 0.255 e. The zero-order valence-electron chi connectivity index (χ0n) is 20.6. The van der Waals surface area contributed by atoms with Gasteiger partial charge in [0.05, 0.1) is 17.1 Å². The number of nitrogens with zero attached hydrogens (tertiary/aromatic N) is 6. The maximum atomic E-state index is 13.3. The van der Waals surface area contributed by atoms with E-state index in [0.29, 0.717) is 17.2 Å². The Morgan fingerprint density at radius 2 is 2.00 bits per heavy atom. The molecule has 3 aromatic rings. The van der Waals surface area contributed by atoms with E-state index in [1.165, 1.54) is 5.01 Å². The van der Waals surface area contributed by atoms with E-state index < -0.39 is 6.04 Å². The van der Waals surface area contributed by atoms with Crippen molar-refractivity contribution in [3.63, 3.8) is 0 Å². The number of rotatable bonds is 4. The number of amides is 1. The second kappa shape index (κ2) is 9.47. The molecule has 1 amide bonds. The first-order valence-corrected chi connectivity index (χ1v) is 11.9. The van der Waals surface area contributed by atoms with Gasteiger partial charge in [0.2, 0.25) is 5.96 Å². The van der Waals surface area contributed by atoms with Crippen LogP contribution in [0.2, 0.25) is 0 Å². The number of allylic oxidation sites excluding steroid dienone is 1. The molecule has 188 valence electrons. The summed E-state index contributed by atoms with van der Waals surface area (Å²) in [6, 6.07) is 9.29. The van der Waals surface area contributed by atoms with Crippen LogP contribution in [0, 0.1) is 0 Å². The van der Waals surface area contributed by atoms with E-state index in [4.69, 9.17) is 11.7 Å². The summed E-state index contributed by atoms with van der Waals surface area (Å²) in [5, 5.41) is 20.1. The lowest BCUT2D eigenvalue weighted by atomic mass is 10.0. The number of hydrogen-bond acceptors (Lipinski definition) is 8.